The molecular weight excluding hydrogens is 384 g/mol. The molecule has 10 N–H and O–H groups in total. The smallest absolute Gasteiger partial charge is 0.320 e. The summed E-state index contributed by atoms with van der Waals surface area (Å²) in [6, 6.07) is -6.36. The maximum atomic E-state index is 11.3. The Labute approximate surface area is 177 Å². The Balaban J connectivity index is 3.51. The Hall–Kier alpha value is -2.76. The lowest BCUT2D eigenvalue weighted by Gasteiger charge is -2.14. The minimum atomic E-state index is -3.75. The number of carbonyl (C=O) groups is 3. The predicted octanol–water partition coefficient (Wildman–Crippen LogP) is -1.44. The van der Waals surface area contributed by atoms with Gasteiger partial charge in [0.05, 0.1) is 1.37 Å². The van der Waals surface area contributed by atoms with Crippen molar-refractivity contribution in [2.45, 2.75) is 63.0 Å². The third kappa shape index (κ3) is 8.02. The number of carboxylic acid groups (broad SMARTS) is 3. The van der Waals surface area contributed by atoms with Crippen molar-refractivity contribution in [2.24, 2.45) is 17.2 Å². The van der Waals surface area contributed by atoms with Crippen LogP contribution in [0.15, 0.2) is 12.4 Å². The molecule has 0 radical (unpaired) electrons. The fourth-order valence-electron chi connectivity index (χ4n) is 2.29. The molecule has 0 saturated heterocycles. The number of hydrogen-bond acceptors (Lipinski definition) is 7. The van der Waals surface area contributed by atoms with Gasteiger partial charge in [0.25, 0.3) is 0 Å². The average molecular weight is 420 g/mol. The molecule has 0 spiro atoms. The van der Waals surface area contributed by atoms with E-state index >= 15 is 0 Å². The second-order valence-corrected chi connectivity index (χ2v) is 6.10. The molecule has 3 atom stereocenters. The summed E-state index contributed by atoms with van der Waals surface area (Å²) in [5.41, 5.74) is 16.3. The monoisotopic (exact) mass is 420 g/mol. The van der Waals surface area contributed by atoms with Crippen LogP contribution in [-0.2, 0) is 33.8 Å². The Morgan fingerprint density at radius 1 is 1.03 bits per heavy atom. The van der Waals surface area contributed by atoms with Crippen LogP contribution in [-0.4, -0.2) is 56.4 Å². The molecule has 1 aromatic heterocycles. The van der Waals surface area contributed by atoms with Crippen LogP contribution in [0, 0.1) is 0 Å². The lowest BCUT2D eigenvalue weighted by Crippen LogP contribution is -2.37. The molecule has 0 aliphatic carbocycles. The molecule has 0 aromatic carbocycles. The molecule has 11 nitrogen and oxygen atoms in total. The van der Waals surface area contributed by atoms with E-state index in [4.69, 9.17) is 42.1 Å². The molecule has 1 rings (SSSR count). The van der Waals surface area contributed by atoms with Crippen LogP contribution in [0.2, 0.25) is 0 Å². The van der Waals surface area contributed by atoms with Gasteiger partial charge < -0.3 is 37.6 Å². The lowest BCUT2D eigenvalue weighted by molar-refractivity contribution is -0.698. The zero-order valence-corrected chi connectivity index (χ0v) is 15.3. The van der Waals surface area contributed by atoms with Crippen LogP contribution >= 0.6 is 0 Å². The fourth-order valence-corrected chi connectivity index (χ4v) is 2.29. The number of carboxylic acids is 3. The van der Waals surface area contributed by atoms with Gasteiger partial charge in [0.15, 0.2) is 11.9 Å². The fraction of sp³-hybridized carbons (Fsp3) is 0.556. The van der Waals surface area contributed by atoms with Crippen molar-refractivity contribution in [3.8, 4) is 5.75 Å². The molecule has 29 heavy (non-hydrogen) atoms. The largest absolute Gasteiger partial charge is 0.503 e. The number of aryl methyl sites for hydroxylation is 2. The van der Waals surface area contributed by atoms with Gasteiger partial charge in [-0.1, -0.05) is 0 Å². The molecule has 0 fully saturated rings. The Bertz CT molecular complexity index is 1020. The van der Waals surface area contributed by atoms with Crippen molar-refractivity contribution < 1.29 is 49.0 Å². The topological polar surface area (TPSA) is 214 Å². The van der Waals surface area contributed by atoms with Crippen molar-refractivity contribution in [2.75, 3.05) is 0 Å². The number of hydrogen-bond donors (Lipinski definition) is 7. The molecule has 11 heteroatoms. The summed E-state index contributed by atoms with van der Waals surface area (Å²) >= 11 is 0. The maximum absolute atomic E-state index is 11.3. The third-order valence-corrected chi connectivity index (χ3v) is 3.87. The Morgan fingerprint density at radius 2 is 1.66 bits per heavy atom. The normalized spacial score (nSPS) is 20.3. The predicted molar refractivity (Wildman–Crippen MR) is 101 cm³/mol. The number of nitrogens with two attached hydrogens (primary N) is 3. The van der Waals surface area contributed by atoms with Crippen molar-refractivity contribution in [1.29, 1.82) is 0 Å². The van der Waals surface area contributed by atoms with Gasteiger partial charge in [-0.15, -0.1) is 0 Å². The highest BCUT2D eigenvalue weighted by molar-refractivity contribution is 5.74. The highest BCUT2D eigenvalue weighted by atomic mass is 16.4. The molecule has 1 heterocycles. The molecule has 0 bridgehead atoms. The zero-order chi connectivity index (χ0) is 28.4. The summed E-state index contributed by atoms with van der Waals surface area (Å²) in [5, 5.41) is 37.7. The number of nitrogens with zero attached hydrogens (tertiary/aromatic N) is 1. The number of pyridine rings is 1. The van der Waals surface area contributed by atoms with Gasteiger partial charge in [-0.3, -0.25) is 14.4 Å². The van der Waals surface area contributed by atoms with E-state index in [-0.39, 0.29) is 24.0 Å². The van der Waals surface area contributed by atoms with E-state index in [1.54, 1.807) is 0 Å². The minimum absolute atomic E-state index is 0.00403. The number of aromatic nitrogens is 1. The highest BCUT2D eigenvalue weighted by Crippen LogP contribution is 2.22. The first-order valence-corrected chi connectivity index (χ1v) is 8.33. The van der Waals surface area contributed by atoms with Crippen LogP contribution in [0.25, 0.3) is 0 Å². The Morgan fingerprint density at radius 3 is 2.21 bits per heavy atom. The van der Waals surface area contributed by atoms with Gasteiger partial charge in [-0.2, -0.15) is 0 Å². The summed E-state index contributed by atoms with van der Waals surface area (Å²) in [6.45, 7) is -1.02. The first-order valence-electron chi connectivity index (χ1n) is 11.8. The quantitative estimate of drug-likeness (QED) is 0.184. The van der Waals surface area contributed by atoms with Crippen molar-refractivity contribution in [3.63, 3.8) is 0 Å². The molecule has 1 aromatic rings. The van der Waals surface area contributed by atoms with E-state index in [1.165, 1.54) is 0 Å². The van der Waals surface area contributed by atoms with E-state index in [2.05, 4.69) is 0 Å². The van der Waals surface area contributed by atoms with Gasteiger partial charge in [-0.25, -0.2) is 4.57 Å². The SMILES string of the molecule is [2H]C([2H])(C[n+]1cc(O)c(C[C@H](N)C(=O)O)c(CC[C@H](N)C(=O)O)c1)C([2H])([2H])C([2H])([2H])C([2H])(N)C(=O)O. The first kappa shape index (κ1) is 15.1. The number of aromatic hydroxyl groups is 1. The van der Waals surface area contributed by atoms with Gasteiger partial charge in [-0.05, 0) is 25.6 Å². The molecule has 162 valence electrons. The van der Waals surface area contributed by atoms with Crippen LogP contribution in [0.1, 0.15) is 46.3 Å². The van der Waals surface area contributed by atoms with Crippen LogP contribution in [0.5, 0.6) is 5.75 Å². The standard InChI is InChI=1S/C18H28N4O7/c19-12(16(24)25)3-1-2-6-22-8-10(4-5-13(20)17(26)27)11(15(23)9-22)7-14(21)18(28)29/h8-9,12-14H,1-7,19-21H2,(H3-,23,24,25,26,27,28,29)/p+1/t12?,13-,14-/m0/s1/i1D2,2D2,3D2,12D. The van der Waals surface area contributed by atoms with Crippen molar-refractivity contribution >= 4 is 17.9 Å². The summed E-state index contributed by atoms with van der Waals surface area (Å²) in [5.74, 6) is -5.55. The molecule has 0 aliphatic rings. The molecule has 0 saturated carbocycles. The molecular formula is C18H29N4O7+. The van der Waals surface area contributed by atoms with Crippen molar-refractivity contribution in [1.82, 2.24) is 0 Å². The average Bonchev–Trinajstić information content (AvgIpc) is 2.72. The van der Waals surface area contributed by atoms with E-state index < -0.39 is 73.8 Å². The number of rotatable bonds is 13. The second-order valence-electron chi connectivity index (χ2n) is 6.10. The van der Waals surface area contributed by atoms with Gasteiger partial charge in [0.1, 0.15) is 24.6 Å². The van der Waals surface area contributed by atoms with E-state index in [1.807, 2.05) is 0 Å². The number of aliphatic carboxylic acids is 3. The Kier molecular flexibility index (Phi) is 5.89. The van der Waals surface area contributed by atoms with E-state index in [9.17, 15) is 19.5 Å². The molecule has 1 unspecified atom stereocenters. The maximum Gasteiger partial charge on any atom is 0.320 e. The van der Waals surface area contributed by atoms with E-state index in [0.717, 1.165) is 17.0 Å². The minimum Gasteiger partial charge on any atom is -0.503 e. The molecule has 0 aliphatic heterocycles. The summed E-state index contributed by atoms with van der Waals surface area (Å²) in [4.78, 5) is 33.5. The van der Waals surface area contributed by atoms with Crippen molar-refractivity contribution in [3.05, 3.63) is 23.5 Å². The third-order valence-electron chi connectivity index (χ3n) is 3.87. The van der Waals surface area contributed by atoms with E-state index in [0.29, 0.717) is 0 Å². The summed E-state index contributed by atoms with van der Waals surface area (Å²) < 4.78 is 56.5. The first-order chi connectivity index (χ1) is 16.1. The zero-order valence-electron chi connectivity index (χ0n) is 22.3. The van der Waals surface area contributed by atoms with Crippen LogP contribution in [0.3, 0.4) is 0 Å². The van der Waals surface area contributed by atoms with Gasteiger partial charge in [0.2, 0.25) is 6.20 Å². The molecule has 0 amide bonds. The summed E-state index contributed by atoms with van der Waals surface area (Å²) in [7, 11) is 0. The summed E-state index contributed by atoms with van der Waals surface area (Å²) in [6.07, 6.45) is -9.31. The lowest BCUT2D eigenvalue weighted by atomic mass is 9.96. The second kappa shape index (κ2) is 11.3. The van der Waals surface area contributed by atoms with Crippen LogP contribution < -0.4 is 21.8 Å². The highest BCUT2D eigenvalue weighted by Gasteiger charge is 2.23. The van der Waals surface area contributed by atoms with Gasteiger partial charge in [0, 0.05) is 32.1 Å². The van der Waals surface area contributed by atoms with Crippen LogP contribution in [0.4, 0.5) is 0 Å². The van der Waals surface area contributed by atoms with Gasteiger partial charge >= 0.3 is 17.9 Å².